The number of carbonyl (C=O) groups is 3. The molecule has 0 N–H and O–H groups in total. The van der Waals surface area contributed by atoms with Gasteiger partial charge in [-0.3, -0.25) is 24.6 Å². The highest BCUT2D eigenvalue weighted by molar-refractivity contribution is 6.23. The average Bonchev–Trinajstić information content (AvgIpc) is 3.60. The Hall–Kier alpha value is -4.08. The molecule has 0 aromatic heterocycles. The molecule has 10 heteroatoms. The molecule has 6 atom stereocenters. The van der Waals surface area contributed by atoms with Gasteiger partial charge in [-0.15, -0.1) is 0 Å². The number of carbonyl (C=O) groups excluding carboxylic acids is 3. The van der Waals surface area contributed by atoms with Gasteiger partial charge < -0.3 is 9.57 Å². The molecular weight excluding hydrogens is 454 g/mol. The number of rotatable bonds is 5. The number of hydrogen-bond acceptors (Lipinski definition) is 8. The van der Waals surface area contributed by atoms with Gasteiger partial charge in [0.15, 0.2) is 0 Å². The Morgan fingerprint density at radius 2 is 1.83 bits per heavy atom. The van der Waals surface area contributed by atoms with E-state index in [1.165, 1.54) is 17.0 Å². The minimum Gasteiger partial charge on any atom is -0.462 e. The zero-order valence-corrected chi connectivity index (χ0v) is 18.7. The maximum Gasteiger partial charge on any atom is 0.338 e. The van der Waals surface area contributed by atoms with Crippen molar-refractivity contribution in [1.29, 1.82) is 0 Å². The number of non-ortho nitro benzene ring substituents is 1. The zero-order valence-electron chi connectivity index (χ0n) is 18.7. The van der Waals surface area contributed by atoms with E-state index in [2.05, 4.69) is 5.16 Å². The van der Waals surface area contributed by atoms with Crippen molar-refractivity contribution in [2.45, 2.75) is 19.4 Å². The van der Waals surface area contributed by atoms with Crippen molar-refractivity contribution in [2.75, 3.05) is 11.5 Å². The highest BCUT2D eigenvalue weighted by Gasteiger charge is 2.70. The number of esters is 1. The predicted molar refractivity (Wildman–Crippen MR) is 121 cm³/mol. The Labute approximate surface area is 199 Å². The van der Waals surface area contributed by atoms with Crippen LogP contribution in [0.25, 0.3) is 0 Å². The number of benzene rings is 2. The molecule has 2 heterocycles. The highest BCUT2D eigenvalue weighted by Crippen LogP contribution is 2.62. The summed E-state index contributed by atoms with van der Waals surface area (Å²) in [6.07, 6.45) is 0.338. The van der Waals surface area contributed by atoms with Crippen molar-refractivity contribution in [2.24, 2.45) is 34.7 Å². The summed E-state index contributed by atoms with van der Waals surface area (Å²) in [6, 6.07) is 12.5. The number of hydrogen-bond donors (Lipinski definition) is 0. The van der Waals surface area contributed by atoms with E-state index in [4.69, 9.17) is 9.57 Å². The van der Waals surface area contributed by atoms with Crippen LogP contribution < -0.4 is 4.90 Å². The van der Waals surface area contributed by atoms with Gasteiger partial charge in [-0.1, -0.05) is 17.3 Å². The molecule has 0 spiro atoms. The van der Waals surface area contributed by atoms with Crippen LogP contribution in [-0.4, -0.2) is 41.1 Å². The van der Waals surface area contributed by atoms with Crippen LogP contribution in [0.3, 0.4) is 0 Å². The Balaban J connectivity index is 1.28. The molecule has 2 aromatic carbocycles. The van der Waals surface area contributed by atoms with E-state index in [9.17, 15) is 24.5 Å². The maximum absolute atomic E-state index is 13.5. The van der Waals surface area contributed by atoms with Gasteiger partial charge >= 0.3 is 5.97 Å². The molecule has 10 nitrogen and oxygen atoms in total. The summed E-state index contributed by atoms with van der Waals surface area (Å²) in [7, 11) is 0. The van der Waals surface area contributed by atoms with Crippen LogP contribution in [0.4, 0.5) is 11.4 Å². The highest BCUT2D eigenvalue weighted by atomic mass is 16.6. The average molecular weight is 475 g/mol. The second-order valence-corrected chi connectivity index (χ2v) is 9.27. The van der Waals surface area contributed by atoms with E-state index in [1.54, 1.807) is 43.3 Å². The summed E-state index contributed by atoms with van der Waals surface area (Å²) in [5.74, 6) is -2.48. The fraction of sp³-hybridized carbons (Fsp3) is 0.360. The van der Waals surface area contributed by atoms with Crippen molar-refractivity contribution in [1.82, 2.24) is 0 Å². The molecular formula is C25H21N3O7. The monoisotopic (exact) mass is 475 g/mol. The fourth-order valence-electron chi connectivity index (χ4n) is 6.36. The smallest absolute Gasteiger partial charge is 0.338 e. The third-order valence-corrected chi connectivity index (χ3v) is 7.68. The first-order chi connectivity index (χ1) is 16.9. The van der Waals surface area contributed by atoms with Gasteiger partial charge in [-0.05, 0) is 43.5 Å². The van der Waals surface area contributed by atoms with Crippen molar-refractivity contribution in [3.8, 4) is 0 Å². The first kappa shape index (κ1) is 21.5. The number of nitro groups is 1. The SMILES string of the molecule is CCOC(=O)c1ccc(N2C(=O)[C@@H]3[C@H]4C[C@H]([C@@H]5ON=C(c6cccc([N+](=O)[O-])c6)[C@H]45)[C@@H]3C2=O)cc1. The fourth-order valence-corrected chi connectivity index (χ4v) is 6.36. The summed E-state index contributed by atoms with van der Waals surface area (Å²) in [6.45, 7) is 1.97. The molecule has 3 fully saturated rings. The molecule has 2 bridgehead atoms. The Morgan fingerprint density at radius 1 is 1.11 bits per heavy atom. The first-order valence-electron chi connectivity index (χ1n) is 11.5. The molecule has 4 aliphatic rings. The van der Waals surface area contributed by atoms with Gasteiger partial charge in [0.2, 0.25) is 11.8 Å². The lowest BCUT2D eigenvalue weighted by Gasteiger charge is -2.29. The quantitative estimate of drug-likeness (QED) is 0.281. The lowest BCUT2D eigenvalue weighted by Crippen LogP contribution is -2.41. The molecule has 2 saturated carbocycles. The normalized spacial score (nSPS) is 30.1. The van der Waals surface area contributed by atoms with Gasteiger partial charge in [-0.2, -0.15) is 0 Å². The number of ether oxygens (including phenoxy) is 1. The maximum atomic E-state index is 13.5. The number of amides is 2. The molecule has 0 unspecified atom stereocenters. The largest absolute Gasteiger partial charge is 0.462 e. The Kier molecular flexibility index (Phi) is 4.73. The minimum absolute atomic E-state index is 0.0424. The Bertz CT molecular complexity index is 1300. The van der Waals surface area contributed by atoms with E-state index in [0.717, 1.165) is 0 Å². The van der Waals surface area contributed by atoms with Crippen molar-refractivity contribution < 1.29 is 28.9 Å². The van der Waals surface area contributed by atoms with Crippen molar-refractivity contribution >= 4 is 34.9 Å². The van der Waals surface area contributed by atoms with Crippen LogP contribution >= 0.6 is 0 Å². The molecule has 35 heavy (non-hydrogen) atoms. The predicted octanol–water partition coefficient (Wildman–Crippen LogP) is 2.95. The molecule has 0 radical (unpaired) electrons. The van der Waals surface area contributed by atoms with Gasteiger partial charge in [0.25, 0.3) is 5.69 Å². The topological polar surface area (TPSA) is 128 Å². The van der Waals surface area contributed by atoms with Gasteiger partial charge in [0.05, 0.1) is 40.3 Å². The van der Waals surface area contributed by atoms with Crippen molar-refractivity contribution in [3.63, 3.8) is 0 Å². The number of anilines is 1. The summed E-state index contributed by atoms with van der Waals surface area (Å²) in [4.78, 5) is 56.6. The number of nitrogens with zero attached hydrogens (tertiary/aromatic N) is 3. The Morgan fingerprint density at radius 3 is 2.51 bits per heavy atom. The van der Waals surface area contributed by atoms with Gasteiger partial charge in [0.1, 0.15) is 6.10 Å². The zero-order chi connectivity index (χ0) is 24.4. The lowest BCUT2D eigenvalue weighted by atomic mass is 9.71. The molecule has 2 aliphatic carbocycles. The van der Waals surface area contributed by atoms with Crippen LogP contribution in [0.15, 0.2) is 53.7 Å². The second kappa shape index (κ2) is 7.72. The van der Waals surface area contributed by atoms with Crippen LogP contribution in [-0.2, 0) is 19.2 Å². The van der Waals surface area contributed by atoms with Gasteiger partial charge in [0, 0.05) is 29.5 Å². The summed E-state index contributed by atoms with van der Waals surface area (Å²) >= 11 is 0. The van der Waals surface area contributed by atoms with E-state index in [0.29, 0.717) is 28.9 Å². The third kappa shape index (κ3) is 3.02. The summed E-state index contributed by atoms with van der Waals surface area (Å²) < 4.78 is 4.99. The lowest BCUT2D eigenvalue weighted by molar-refractivity contribution is -0.384. The summed E-state index contributed by atoms with van der Waals surface area (Å²) in [5.41, 5.74) is 1.91. The molecule has 1 saturated heterocycles. The van der Waals surface area contributed by atoms with Crippen molar-refractivity contribution in [3.05, 3.63) is 69.8 Å². The van der Waals surface area contributed by atoms with Crippen LogP contribution in [0.5, 0.6) is 0 Å². The van der Waals surface area contributed by atoms with Crippen LogP contribution in [0.2, 0.25) is 0 Å². The number of oxime groups is 1. The molecule has 6 rings (SSSR count). The number of nitro benzene ring substituents is 1. The van der Waals surface area contributed by atoms with Crippen LogP contribution in [0.1, 0.15) is 29.3 Å². The number of imide groups is 1. The standard InChI is InChI=1S/C25H21N3O7/c1-2-34-25(31)12-6-8-14(9-7-12)27-23(29)18-16-11-17(19(18)24(27)30)22-20(16)21(26-35-22)13-4-3-5-15(10-13)28(32)33/h3-10,16-20,22H,2,11H2,1H3/t16-,17+,18-,19+,20+,22+/m1/s1. The third-order valence-electron chi connectivity index (χ3n) is 7.68. The molecule has 2 aromatic rings. The first-order valence-corrected chi connectivity index (χ1v) is 11.5. The van der Waals surface area contributed by atoms with Crippen LogP contribution in [0, 0.1) is 39.7 Å². The molecule has 2 aliphatic heterocycles. The molecule has 2 amide bonds. The van der Waals surface area contributed by atoms with E-state index >= 15 is 0 Å². The molecule has 178 valence electrons. The second-order valence-electron chi connectivity index (χ2n) is 9.27. The van der Waals surface area contributed by atoms with E-state index < -0.39 is 22.7 Å². The summed E-state index contributed by atoms with van der Waals surface area (Å²) in [5, 5.41) is 15.5. The number of fused-ring (bicyclic) bond motifs is 8. The minimum atomic E-state index is -0.496. The van der Waals surface area contributed by atoms with Gasteiger partial charge in [-0.25, -0.2) is 4.79 Å². The van der Waals surface area contributed by atoms with E-state index in [-0.39, 0.29) is 48.0 Å². The van der Waals surface area contributed by atoms with E-state index in [1.807, 2.05) is 0 Å².